The van der Waals surface area contributed by atoms with Crippen molar-refractivity contribution < 1.29 is 17.9 Å². The molecular formula is C17H25F3N4O. The SMILES string of the molecule is CN=C(NCc1ccccc1OC(F)(F)F)NCC(C)N(C)C1CC1. The Kier molecular flexibility index (Phi) is 6.52. The molecule has 0 radical (unpaired) electrons. The van der Waals surface area contributed by atoms with Crippen molar-refractivity contribution in [2.45, 2.75) is 44.8 Å². The highest BCUT2D eigenvalue weighted by Crippen LogP contribution is 2.27. The third kappa shape index (κ3) is 6.45. The summed E-state index contributed by atoms with van der Waals surface area (Å²) < 4.78 is 41.4. The first kappa shape index (κ1) is 19.4. The van der Waals surface area contributed by atoms with Crippen LogP contribution < -0.4 is 15.4 Å². The maximum atomic E-state index is 12.5. The number of halogens is 3. The van der Waals surface area contributed by atoms with Gasteiger partial charge in [-0.2, -0.15) is 0 Å². The molecule has 1 unspecified atom stereocenters. The molecule has 1 aromatic carbocycles. The van der Waals surface area contributed by atoms with E-state index in [0.29, 0.717) is 30.2 Å². The van der Waals surface area contributed by atoms with Gasteiger partial charge in [0.05, 0.1) is 0 Å². The molecule has 25 heavy (non-hydrogen) atoms. The zero-order valence-corrected chi connectivity index (χ0v) is 14.7. The number of guanidine groups is 1. The van der Waals surface area contributed by atoms with E-state index in [0.717, 1.165) is 0 Å². The van der Waals surface area contributed by atoms with Crippen molar-refractivity contribution in [1.29, 1.82) is 0 Å². The van der Waals surface area contributed by atoms with E-state index in [1.807, 2.05) is 0 Å². The summed E-state index contributed by atoms with van der Waals surface area (Å²) in [5, 5.41) is 6.23. The van der Waals surface area contributed by atoms with Gasteiger partial charge in [0.2, 0.25) is 0 Å². The molecule has 1 atom stereocenters. The largest absolute Gasteiger partial charge is 0.573 e. The number of nitrogens with one attached hydrogen (secondary N) is 2. The lowest BCUT2D eigenvalue weighted by Crippen LogP contribution is -2.45. The number of hydrogen-bond acceptors (Lipinski definition) is 3. The number of hydrogen-bond donors (Lipinski definition) is 2. The fraction of sp³-hybridized carbons (Fsp3) is 0.588. The van der Waals surface area contributed by atoms with Crippen molar-refractivity contribution in [3.05, 3.63) is 29.8 Å². The molecule has 0 aromatic heterocycles. The molecule has 1 aromatic rings. The van der Waals surface area contributed by atoms with Crippen LogP contribution in [0.5, 0.6) is 5.75 Å². The highest BCUT2D eigenvalue weighted by Gasteiger charge is 2.32. The lowest BCUT2D eigenvalue weighted by atomic mass is 10.2. The Morgan fingerprint density at radius 3 is 2.60 bits per heavy atom. The van der Waals surface area contributed by atoms with Crippen molar-refractivity contribution in [3.8, 4) is 5.75 Å². The van der Waals surface area contributed by atoms with Gasteiger partial charge in [0.15, 0.2) is 5.96 Å². The van der Waals surface area contributed by atoms with Gasteiger partial charge in [-0.3, -0.25) is 9.89 Å². The van der Waals surface area contributed by atoms with E-state index in [2.05, 4.69) is 39.2 Å². The fourth-order valence-electron chi connectivity index (χ4n) is 2.50. The molecule has 1 aliphatic carbocycles. The Morgan fingerprint density at radius 2 is 2.00 bits per heavy atom. The van der Waals surface area contributed by atoms with E-state index in [1.165, 1.54) is 25.0 Å². The van der Waals surface area contributed by atoms with Crippen LogP contribution in [0.2, 0.25) is 0 Å². The second kappa shape index (κ2) is 8.42. The predicted molar refractivity (Wildman–Crippen MR) is 91.6 cm³/mol. The lowest BCUT2D eigenvalue weighted by Gasteiger charge is -2.25. The van der Waals surface area contributed by atoms with Gasteiger partial charge in [-0.25, -0.2) is 0 Å². The molecule has 1 fully saturated rings. The lowest BCUT2D eigenvalue weighted by molar-refractivity contribution is -0.274. The smallest absolute Gasteiger partial charge is 0.405 e. The molecule has 0 spiro atoms. The Balaban J connectivity index is 1.86. The summed E-state index contributed by atoms with van der Waals surface area (Å²) in [4.78, 5) is 6.44. The first-order valence-electron chi connectivity index (χ1n) is 8.30. The van der Waals surface area contributed by atoms with Crippen molar-refractivity contribution in [2.24, 2.45) is 4.99 Å². The van der Waals surface area contributed by atoms with E-state index in [9.17, 15) is 13.2 Å². The Morgan fingerprint density at radius 1 is 1.32 bits per heavy atom. The summed E-state index contributed by atoms with van der Waals surface area (Å²) in [6.07, 6.45) is -2.23. The number of benzene rings is 1. The molecule has 8 heteroatoms. The summed E-state index contributed by atoms with van der Waals surface area (Å²) in [6.45, 7) is 3.01. The average molecular weight is 358 g/mol. The normalized spacial score (nSPS) is 16.7. The quantitative estimate of drug-likeness (QED) is 0.581. The van der Waals surface area contributed by atoms with Gasteiger partial charge in [0.1, 0.15) is 5.75 Å². The highest BCUT2D eigenvalue weighted by molar-refractivity contribution is 5.79. The molecule has 2 rings (SSSR count). The molecule has 140 valence electrons. The molecule has 1 saturated carbocycles. The number of rotatable bonds is 7. The fourth-order valence-corrected chi connectivity index (χ4v) is 2.50. The zero-order valence-electron chi connectivity index (χ0n) is 14.7. The minimum absolute atomic E-state index is 0.179. The maximum Gasteiger partial charge on any atom is 0.573 e. The summed E-state index contributed by atoms with van der Waals surface area (Å²) in [7, 11) is 3.73. The monoisotopic (exact) mass is 358 g/mol. The minimum Gasteiger partial charge on any atom is -0.405 e. The molecule has 0 aliphatic heterocycles. The Labute approximate surface area is 146 Å². The van der Waals surface area contributed by atoms with Crippen LogP contribution in [0.15, 0.2) is 29.3 Å². The van der Waals surface area contributed by atoms with Crippen LogP contribution in [0.25, 0.3) is 0 Å². The van der Waals surface area contributed by atoms with Crippen LogP contribution in [0.1, 0.15) is 25.3 Å². The van der Waals surface area contributed by atoms with Gasteiger partial charge in [-0.05, 0) is 32.9 Å². The zero-order chi connectivity index (χ0) is 18.4. The van der Waals surface area contributed by atoms with Crippen LogP contribution >= 0.6 is 0 Å². The van der Waals surface area contributed by atoms with Gasteiger partial charge >= 0.3 is 6.36 Å². The van der Waals surface area contributed by atoms with Crippen molar-refractivity contribution in [2.75, 3.05) is 20.6 Å². The molecule has 0 amide bonds. The van der Waals surface area contributed by atoms with E-state index in [1.54, 1.807) is 19.2 Å². The number of nitrogens with zero attached hydrogens (tertiary/aromatic N) is 2. The standard InChI is InChI=1S/C17H25F3N4O/c1-12(24(3)14-8-9-14)10-22-16(21-2)23-11-13-6-4-5-7-15(13)25-17(18,19)20/h4-7,12,14H,8-11H2,1-3H3,(H2,21,22,23). The summed E-state index contributed by atoms with van der Waals surface area (Å²) in [6, 6.07) is 7.07. The van der Waals surface area contributed by atoms with E-state index >= 15 is 0 Å². The predicted octanol–water partition coefficient (Wildman–Crippen LogP) is 2.73. The van der Waals surface area contributed by atoms with Gasteiger partial charge in [-0.15, -0.1) is 13.2 Å². The first-order chi connectivity index (χ1) is 11.8. The number of ether oxygens (including phenoxy) is 1. The summed E-state index contributed by atoms with van der Waals surface area (Å²) in [5.74, 6) is 0.331. The molecule has 0 bridgehead atoms. The number of aliphatic imine (C=N–C) groups is 1. The second-order valence-corrected chi connectivity index (χ2v) is 6.21. The summed E-state index contributed by atoms with van der Waals surface area (Å²) in [5.41, 5.74) is 0.408. The van der Waals surface area contributed by atoms with Crippen molar-refractivity contribution in [1.82, 2.24) is 15.5 Å². The first-order valence-corrected chi connectivity index (χ1v) is 8.30. The average Bonchev–Trinajstić information content (AvgIpc) is 3.39. The van der Waals surface area contributed by atoms with Gasteiger partial charge < -0.3 is 15.4 Å². The van der Waals surface area contributed by atoms with Crippen LogP contribution in [0.4, 0.5) is 13.2 Å². The van der Waals surface area contributed by atoms with Crippen LogP contribution in [-0.4, -0.2) is 49.9 Å². The van der Waals surface area contributed by atoms with Gasteiger partial charge in [0.25, 0.3) is 0 Å². The highest BCUT2D eigenvalue weighted by atomic mass is 19.4. The minimum atomic E-state index is -4.71. The molecule has 1 aliphatic rings. The van der Waals surface area contributed by atoms with Crippen LogP contribution in [0, 0.1) is 0 Å². The number of alkyl halides is 3. The van der Waals surface area contributed by atoms with Crippen LogP contribution in [0.3, 0.4) is 0 Å². The molecule has 2 N–H and O–H groups in total. The molecule has 0 heterocycles. The maximum absolute atomic E-state index is 12.5. The Hall–Kier alpha value is -1.96. The van der Waals surface area contributed by atoms with Gasteiger partial charge in [0, 0.05) is 37.8 Å². The van der Waals surface area contributed by atoms with Gasteiger partial charge in [-0.1, -0.05) is 18.2 Å². The summed E-state index contributed by atoms with van der Waals surface area (Å²) >= 11 is 0. The second-order valence-electron chi connectivity index (χ2n) is 6.21. The van der Waals surface area contributed by atoms with E-state index in [-0.39, 0.29) is 12.3 Å². The number of likely N-dealkylation sites (N-methyl/N-ethyl adjacent to an activating group) is 1. The van der Waals surface area contributed by atoms with Crippen molar-refractivity contribution in [3.63, 3.8) is 0 Å². The van der Waals surface area contributed by atoms with E-state index < -0.39 is 6.36 Å². The van der Waals surface area contributed by atoms with Crippen molar-refractivity contribution >= 4 is 5.96 Å². The third-order valence-electron chi connectivity index (χ3n) is 4.25. The Bertz CT molecular complexity index is 588. The topological polar surface area (TPSA) is 48.9 Å². The third-order valence-corrected chi connectivity index (χ3v) is 4.25. The molecular weight excluding hydrogens is 333 g/mol. The number of para-hydroxylation sites is 1. The molecule has 0 saturated heterocycles. The van der Waals surface area contributed by atoms with E-state index in [4.69, 9.17) is 0 Å². The molecule has 5 nitrogen and oxygen atoms in total. The van der Waals surface area contributed by atoms with Crippen LogP contribution in [-0.2, 0) is 6.54 Å².